The molecule has 0 aliphatic rings. The molecule has 2 heterocycles. The van der Waals surface area contributed by atoms with E-state index in [1.807, 2.05) is 49.4 Å². The molecule has 7 nitrogen and oxygen atoms in total. The van der Waals surface area contributed by atoms with Crippen molar-refractivity contribution in [1.82, 2.24) is 15.1 Å². The lowest BCUT2D eigenvalue weighted by molar-refractivity contribution is 0.421. The van der Waals surface area contributed by atoms with Crippen LogP contribution in [-0.2, 0) is 6.42 Å². The van der Waals surface area contributed by atoms with Crippen LogP contribution in [0.15, 0.2) is 58.2 Å². The third-order valence-corrected chi connectivity index (χ3v) is 3.26. The van der Waals surface area contributed by atoms with Crippen LogP contribution >= 0.6 is 0 Å². The molecule has 3 aromatic rings. The summed E-state index contributed by atoms with van der Waals surface area (Å²) >= 11 is 0. The molecular weight excluding hydrogens is 304 g/mol. The van der Waals surface area contributed by atoms with Crippen LogP contribution in [0.25, 0.3) is 11.6 Å². The molecule has 122 valence electrons. The Kier molecular flexibility index (Phi) is 4.81. The Hall–Kier alpha value is -3.22. The van der Waals surface area contributed by atoms with E-state index >= 15 is 0 Å². The summed E-state index contributed by atoms with van der Waals surface area (Å²) in [5.74, 6) is 1.33. The maximum absolute atomic E-state index is 5.88. The van der Waals surface area contributed by atoms with Gasteiger partial charge in [0.1, 0.15) is 5.69 Å². The van der Waals surface area contributed by atoms with Crippen molar-refractivity contribution in [1.29, 1.82) is 0 Å². The second-order valence-electron chi connectivity index (χ2n) is 5.24. The highest BCUT2D eigenvalue weighted by molar-refractivity contribution is 5.92. The van der Waals surface area contributed by atoms with Gasteiger partial charge in [0.2, 0.25) is 0 Å². The Labute approximate surface area is 139 Å². The molecule has 0 aliphatic heterocycles. The zero-order valence-corrected chi connectivity index (χ0v) is 13.3. The van der Waals surface area contributed by atoms with Crippen LogP contribution in [0.3, 0.4) is 0 Å². The number of hydrogen-bond donors (Lipinski definition) is 2. The van der Waals surface area contributed by atoms with E-state index in [-0.39, 0.29) is 0 Å². The average molecular weight is 322 g/mol. The molecule has 0 spiro atoms. The number of guanidine groups is 1. The second-order valence-corrected chi connectivity index (χ2v) is 5.24. The van der Waals surface area contributed by atoms with E-state index in [0.29, 0.717) is 36.3 Å². The predicted molar refractivity (Wildman–Crippen MR) is 92.5 cm³/mol. The Morgan fingerprint density at radius 2 is 2.17 bits per heavy atom. The first-order chi connectivity index (χ1) is 11.7. The molecule has 0 aliphatic carbocycles. The van der Waals surface area contributed by atoms with Gasteiger partial charge in [0.15, 0.2) is 11.8 Å². The Morgan fingerprint density at radius 3 is 2.96 bits per heavy atom. The van der Waals surface area contributed by atoms with E-state index in [2.05, 4.69) is 25.4 Å². The fourth-order valence-corrected chi connectivity index (χ4v) is 2.14. The molecule has 2 aromatic heterocycles. The van der Waals surface area contributed by atoms with Crippen molar-refractivity contribution in [2.75, 3.05) is 11.9 Å². The van der Waals surface area contributed by atoms with Gasteiger partial charge >= 0.3 is 0 Å². The highest BCUT2D eigenvalue weighted by Gasteiger charge is 2.08. The van der Waals surface area contributed by atoms with E-state index in [9.17, 15) is 0 Å². The van der Waals surface area contributed by atoms with E-state index in [1.165, 1.54) is 0 Å². The average Bonchev–Trinajstić information content (AvgIpc) is 3.04. The molecule has 0 fully saturated rings. The van der Waals surface area contributed by atoms with Crippen LogP contribution in [0.5, 0.6) is 0 Å². The SMILES string of the molecule is Cc1cccc(NC(N)=NCCc2noc(-c3ccccn3)n2)c1. The zero-order chi connectivity index (χ0) is 16.8. The van der Waals surface area contributed by atoms with Gasteiger partial charge in [-0.1, -0.05) is 23.4 Å². The summed E-state index contributed by atoms with van der Waals surface area (Å²) in [6.07, 6.45) is 2.22. The van der Waals surface area contributed by atoms with E-state index in [1.54, 1.807) is 6.20 Å². The van der Waals surface area contributed by atoms with E-state index < -0.39 is 0 Å². The van der Waals surface area contributed by atoms with Crippen LogP contribution in [0, 0.1) is 6.92 Å². The fourth-order valence-electron chi connectivity index (χ4n) is 2.14. The highest BCUT2D eigenvalue weighted by Crippen LogP contribution is 2.13. The first-order valence-corrected chi connectivity index (χ1v) is 7.58. The van der Waals surface area contributed by atoms with Gasteiger partial charge in [0.05, 0.1) is 0 Å². The number of nitrogens with two attached hydrogens (primary N) is 1. The number of aromatic nitrogens is 3. The molecule has 0 radical (unpaired) electrons. The third kappa shape index (κ3) is 4.16. The van der Waals surface area contributed by atoms with Crippen molar-refractivity contribution in [2.24, 2.45) is 10.7 Å². The monoisotopic (exact) mass is 322 g/mol. The van der Waals surface area contributed by atoms with Crippen molar-refractivity contribution >= 4 is 11.6 Å². The number of hydrogen-bond acceptors (Lipinski definition) is 5. The molecule has 3 N–H and O–H groups in total. The van der Waals surface area contributed by atoms with Crippen LogP contribution < -0.4 is 11.1 Å². The van der Waals surface area contributed by atoms with Gasteiger partial charge in [0.25, 0.3) is 5.89 Å². The van der Waals surface area contributed by atoms with Crippen molar-refractivity contribution in [3.8, 4) is 11.6 Å². The minimum Gasteiger partial charge on any atom is -0.370 e. The van der Waals surface area contributed by atoms with Crippen LogP contribution in [-0.4, -0.2) is 27.6 Å². The number of nitrogens with zero attached hydrogens (tertiary/aromatic N) is 4. The summed E-state index contributed by atoms with van der Waals surface area (Å²) < 4.78 is 5.20. The minimum atomic E-state index is 0.356. The lowest BCUT2D eigenvalue weighted by Crippen LogP contribution is -2.23. The third-order valence-electron chi connectivity index (χ3n) is 3.26. The molecule has 0 amide bonds. The minimum absolute atomic E-state index is 0.356. The Morgan fingerprint density at radius 1 is 1.25 bits per heavy atom. The standard InChI is InChI=1S/C17H18N6O/c1-12-5-4-6-13(11-12)21-17(18)20-10-8-15-22-16(24-23-15)14-7-2-3-9-19-14/h2-7,9,11H,8,10H2,1H3,(H3,18,20,21). The number of nitrogens with one attached hydrogen (secondary N) is 1. The molecule has 24 heavy (non-hydrogen) atoms. The number of anilines is 1. The van der Waals surface area contributed by atoms with E-state index in [0.717, 1.165) is 11.3 Å². The van der Waals surface area contributed by atoms with Gasteiger partial charge in [-0.3, -0.25) is 9.98 Å². The summed E-state index contributed by atoms with van der Waals surface area (Å²) in [5, 5.41) is 6.98. The van der Waals surface area contributed by atoms with Crippen LogP contribution in [0.1, 0.15) is 11.4 Å². The molecule has 7 heteroatoms. The van der Waals surface area contributed by atoms with Gasteiger partial charge < -0.3 is 15.6 Å². The second kappa shape index (κ2) is 7.36. The van der Waals surface area contributed by atoms with Crippen LogP contribution in [0.4, 0.5) is 5.69 Å². The van der Waals surface area contributed by atoms with Crippen molar-refractivity contribution in [2.45, 2.75) is 13.3 Å². The number of rotatable bonds is 5. The molecule has 0 saturated carbocycles. The number of aryl methyl sites for hydroxylation is 1. The van der Waals surface area contributed by atoms with Crippen LogP contribution in [0.2, 0.25) is 0 Å². The molecule has 0 bridgehead atoms. The lowest BCUT2D eigenvalue weighted by Gasteiger charge is -2.05. The van der Waals surface area contributed by atoms with Crippen molar-refractivity contribution < 1.29 is 4.52 Å². The highest BCUT2D eigenvalue weighted by atomic mass is 16.5. The Balaban J connectivity index is 1.55. The largest absolute Gasteiger partial charge is 0.370 e. The Bertz CT molecular complexity index is 828. The van der Waals surface area contributed by atoms with Gasteiger partial charge in [-0.05, 0) is 36.8 Å². The van der Waals surface area contributed by atoms with Gasteiger partial charge in [-0.15, -0.1) is 0 Å². The quantitative estimate of drug-likeness (QED) is 0.552. The first kappa shape index (κ1) is 15.7. The fraction of sp³-hybridized carbons (Fsp3) is 0.176. The maximum atomic E-state index is 5.88. The normalized spacial score (nSPS) is 11.5. The topological polar surface area (TPSA) is 102 Å². The van der Waals surface area contributed by atoms with E-state index in [4.69, 9.17) is 10.3 Å². The summed E-state index contributed by atoms with van der Waals surface area (Å²) in [4.78, 5) is 12.7. The van der Waals surface area contributed by atoms with Gasteiger partial charge in [-0.2, -0.15) is 4.98 Å². The first-order valence-electron chi connectivity index (χ1n) is 7.58. The summed E-state index contributed by atoms with van der Waals surface area (Å²) in [7, 11) is 0. The molecular formula is C17H18N6O. The zero-order valence-electron chi connectivity index (χ0n) is 13.3. The lowest BCUT2D eigenvalue weighted by atomic mass is 10.2. The maximum Gasteiger partial charge on any atom is 0.276 e. The number of benzene rings is 1. The molecule has 0 unspecified atom stereocenters. The van der Waals surface area contributed by atoms with Crippen molar-refractivity contribution in [3.05, 3.63) is 60.0 Å². The van der Waals surface area contributed by atoms with Gasteiger partial charge in [-0.25, -0.2) is 0 Å². The smallest absolute Gasteiger partial charge is 0.276 e. The molecule has 0 saturated heterocycles. The molecule has 3 rings (SSSR count). The number of pyridine rings is 1. The molecule has 0 atom stereocenters. The summed E-state index contributed by atoms with van der Waals surface area (Å²) in [5.41, 5.74) is 8.60. The molecule has 1 aromatic carbocycles. The van der Waals surface area contributed by atoms with Gasteiger partial charge in [0, 0.05) is 24.8 Å². The predicted octanol–water partition coefficient (Wildman–Crippen LogP) is 2.41. The van der Waals surface area contributed by atoms with Crippen molar-refractivity contribution in [3.63, 3.8) is 0 Å². The summed E-state index contributed by atoms with van der Waals surface area (Å²) in [6, 6.07) is 13.4. The summed E-state index contributed by atoms with van der Waals surface area (Å²) in [6.45, 7) is 2.49. The number of aliphatic imine (C=N–C) groups is 1.